The predicted octanol–water partition coefficient (Wildman–Crippen LogP) is 3.24. The molecule has 0 saturated carbocycles. The van der Waals surface area contributed by atoms with Crippen LogP contribution in [0.25, 0.3) is 0 Å². The smallest absolute Gasteiger partial charge is 0.339 e. The maximum Gasteiger partial charge on any atom is 0.339 e. The van der Waals surface area contributed by atoms with Gasteiger partial charge in [-0.25, -0.2) is 13.6 Å². The van der Waals surface area contributed by atoms with Crippen molar-refractivity contribution in [3.63, 3.8) is 0 Å². The molecule has 0 atom stereocenters. The molecular formula is C14H10F2O3. The number of rotatable bonds is 4. The maximum atomic E-state index is 13.5. The largest absolute Gasteiger partial charge is 0.485 e. The second-order valence-electron chi connectivity index (χ2n) is 3.84. The van der Waals surface area contributed by atoms with Crippen LogP contribution in [0, 0.1) is 11.6 Å². The van der Waals surface area contributed by atoms with Gasteiger partial charge in [0.1, 0.15) is 18.0 Å². The molecular weight excluding hydrogens is 254 g/mol. The maximum absolute atomic E-state index is 13.5. The fraction of sp³-hybridized carbons (Fsp3) is 0.0714. The van der Waals surface area contributed by atoms with Gasteiger partial charge >= 0.3 is 5.97 Å². The molecule has 0 radical (unpaired) electrons. The Morgan fingerprint density at radius 3 is 2.42 bits per heavy atom. The first kappa shape index (κ1) is 13.0. The van der Waals surface area contributed by atoms with Crippen LogP contribution < -0.4 is 4.74 Å². The molecule has 0 aromatic heterocycles. The number of carboxylic acid groups (broad SMARTS) is 1. The van der Waals surface area contributed by atoms with Gasteiger partial charge in [-0.1, -0.05) is 18.2 Å². The Hall–Kier alpha value is -2.43. The van der Waals surface area contributed by atoms with Gasteiger partial charge in [0.25, 0.3) is 0 Å². The molecule has 0 fully saturated rings. The minimum Gasteiger partial charge on any atom is -0.485 e. The van der Waals surface area contributed by atoms with Crippen molar-refractivity contribution in [3.8, 4) is 5.75 Å². The molecule has 0 bridgehead atoms. The van der Waals surface area contributed by atoms with E-state index < -0.39 is 11.8 Å². The van der Waals surface area contributed by atoms with Crippen LogP contribution in [0.5, 0.6) is 5.75 Å². The fourth-order valence-electron chi connectivity index (χ4n) is 1.56. The lowest BCUT2D eigenvalue weighted by molar-refractivity contribution is 0.0690. The van der Waals surface area contributed by atoms with Crippen LogP contribution in [0.4, 0.5) is 8.78 Å². The summed E-state index contributed by atoms with van der Waals surface area (Å²) >= 11 is 0. The summed E-state index contributed by atoms with van der Waals surface area (Å²) in [5.41, 5.74) is 0.364. The van der Waals surface area contributed by atoms with Crippen molar-refractivity contribution in [1.82, 2.24) is 0 Å². The molecule has 5 heteroatoms. The van der Waals surface area contributed by atoms with Crippen molar-refractivity contribution in [3.05, 3.63) is 65.2 Å². The highest BCUT2D eigenvalue weighted by Crippen LogP contribution is 2.23. The van der Waals surface area contributed by atoms with Crippen molar-refractivity contribution < 1.29 is 23.4 Å². The van der Waals surface area contributed by atoms with Gasteiger partial charge in [0.15, 0.2) is 11.6 Å². The quantitative estimate of drug-likeness (QED) is 0.922. The number of para-hydroxylation sites is 1. The average molecular weight is 264 g/mol. The molecule has 98 valence electrons. The summed E-state index contributed by atoms with van der Waals surface area (Å²) < 4.78 is 31.4. The molecule has 0 aliphatic heterocycles. The molecule has 3 nitrogen and oxygen atoms in total. The Morgan fingerprint density at radius 2 is 1.79 bits per heavy atom. The van der Waals surface area contributed by atoms with Gasteiger partial charge in [-0.15, -0.1) is 0 Å². The van der Waals surface area contributed by atoms with E-state index in [1.807, 2.05) is 0 Å². The Labute approximate surface area is 108 Å². The number of carboxylic acids is 1. The van der Waals surface area contributed by atoms with E-state index in [1.165, 1.54) is 36.4 Å². The highest BCUT2D eigenvalue weighted by atomic mass is 19.1. The summed E-state index contributed by atoms with van der Waals surface area (Å²) in [5.74, 6) is -2.73. The monoisotopic (exact) mass is 264 g/mol. The van der Waals surface area contributed by atoms with Crippen LogP contribution in [-0.4, -0.2) is 11.1 Å². The Morgan fingerprint density at radius 1 is 1.11 bits per heavy atom. The standard InChI is InChI=1S/C14H10F2O3/c15-10-6-4-9(5-7-10)8-19-13-11(14(17)18)2-1-3-12(13)16/h1-7H,8H2,(H,17,18). The molecule has 0 unspecified atom stereocenters. The van der Waals surface area contributed by atoms with Crippen LogP contribution in [0.3, 0.4) is 0 Å². The van der Waals surface area contributed by atoms with Gasteiger partial charge < -0.3 is 9.84 Å². The predicted molar refractivity (Wildman–Crippen MR) is 64.1 cm³/mol. The van der Waals surface area contributed by atoms with Crippen molar-refractivity contribution in [2.45, 2.75) is 6.61 Å². The van der Waals surface area contributed by atoms with Crippen LogP contribution in [0.15, 0.2) is 42.5 Å². The fourth-order valence-corrected chi connectivity index (χ4v) is 1.56. The van der Waals surface area contributed by atoms with E-state index >= 15 is 0 Å². The van der Waals surface area contributed by atoms with E-state index in [4.69, 9.17) is 9.84 Å². The first-order chi connectivity index (χ1) is 9.08. The third-order valence-electron chi connectivity index (χ3n) is 2.49. The molecule has 0 aliphatic carbocycles. The van der Waals surface area contributed by atoms with Gasteiger partial charge in [-0.2, -0.15) is 0 Å². The van der Waals surface area contributed by atoms with Crippen molar-refractivity contribution in [2.24, 2.45) is 0 Å². The molecule has 0 spiro atoms. The average Bonchev–Trinajstić information content (AvgIpc) is 2.39. The van der Waals surface area contributed by atoms with E-state index in [0.29, 0.717) is 5.56 Å². The summed E-state index contributed by atoms with van der Waals surface area (Å²) in [6, 6.07) is 9.13. The molecule has 0 amide bonds. The zero-order valence-corrected chi connectivity index (χ0v) is 9.77. The highest BCUT2D eigenvalue weighted by molar-refractivity contribution is 5.90. The molecule has 19 heavy (non-hydrogen) atoms. The zero-order chi connectivity index (χ0) is 13.8. The lowest BCUT2D eigenvalue weighted by atomic mass is 10.2. The molecule has 0 aliphatic rings. The number of halogens is 2. The summed E-state index contributed by atoms with van der Waals surface area (Å²) in [4.78, 5) is 10.9. The topological polar surface area (TPSA) is 46.5 Å². The summed E-state index contributed by atoms with van der Waals surface area (Å²) in [7, 11) is 0. The molecule has 2 aromatic rings. The normalized spacial score (nSPS) is 10.2. The first-order valence-corrected chi connectivity index (χ1v) is 5.47. The number of carbonyl (C=O) groups is 1. The molecule has 2 aromatic carbocycles. The first-order valence-electron chi connectivity index (χ1n) is 5.47. The van der Waals surface area contributed by atoms with Gasteiger partial charge in [0.2, 0.25) is 0 Å². The minimum atomic E-state index is -1.27. The van der Waals surface area contributed by atoms with Gasteiger partial charge in [0.05, 0.1) is 0 Å². The molecule has 0 saturated heterocycles. The van der Waals surface area contributed by atoms with Gasteiger partial charge in [-0.05, 0) is 29.8 Å². The van der Waals surface area contributed by atoms with E-state index in [2.05, 4.69) is 0 Å². The third kappa shape index (κ3) is 3.07. The molecule has 1 N–H and O–H groups in total. The van der Waals surface area contributed by atoms with E-state index in [1.54, 1.807) is 0 Å². The van der Waals surface area contributed by atoms with Gasteiger partial charge in [-0.3, -0.25) is 0 Å². The molecule has 2 rings (SSSR count). The van der Waals surface area contributed by atoms with E-state index in [0.717, 1.165) is 6.07 Å². The third-order valence-corrected chi connectivity index (χ3v) is 2.49. The lowest BCUT2D eigenvalue weighted by Gasteiger charge is -2.10. The molecule has 0 heterocycles. The lowest BCUT2D eigenvalue weighted by Crippen LogP contribution is -2.05. The zero-order valence-electron chi connectivity index (χ0n) is 9.77. The second kappa shape index (κ2) is 5.48. The number of benzene rings is 2. The van der Waals surface area contributed by atoms with Crippen LogP contribution in [0.2, 0.25) is 0 Å². The Bertz CT molecular complexity index is 594. The van der Waals surface area contributed by atoms with Crippen LogP contribution >= 0.6 is 0 Å². The van der Waals surface area contributed by atoms with Crippen molar-refractivity contribution in [1.29, 1.82) is 0 Å². The van der Waals surface area contributed by atoms with E-state index in [9.17, 15) is 13.6 Å². The van der Waals surface area contributed by atoms with Crippen molar-refractivity contribution >= 4 is 5.97 Å². The Balaban J connectivity index is 2.19. The van der Waals surface area contributed by atoms with Gasteiger partial charge in [0, 0.05) is 0 Å². The number of aromatic carboxylic acids is 1. The number of hydrogen-bond donors (Lipinski definition) is 1. The van der Waals surface area contributed by atoms with Crippen molar-refractivity contribution in [2.75, 3.05) is 0 Å². The summed E-state index contributed by atoms with van der Waals surface area (Å²) in [6.45, 7) is -0.0402. The SMILES string of the molecule is O=C(O)c1cccc(F)c1OCc1ccc(F)cc1. The van der Waals surface area contributed by atoms with E-state index in [-0.39, 0.29) is 23.7 Å². The number of hydrogen-bond acceptors (Lipinski definition) is 2. The highest BCUT2D eigenvalue weighted by Gasteiger charge is 2.15. The summed E-state index contributed by atoms with van der Waals surface area (Å²) in [5, 5.41) is 8.93. The van der Waals surface area contributed by atoms with Crippen LogP contribution in [-0.2, 0) is 6.61 Å². The number of ether oxygens (including phenoxy) is 1. The second-order valence-corrected chi connectivity index (χ2v) is 3.84. The summed E-state index contributed by atoms with van der Waals surface area (Å²) in [6.07, 6.45) is 0. The van der Waals surface area contributed by atoms with Crippen LogP contribution in [0.1, 0.15) is 15.9 Å². The Kier molecular flexibility index (Phi) is 3.75. The minimum absolute atomic E-state index is 0.0402.